The summed E-state index contributed by atoms with van der Waals surface area (Å²) in [6.07, 6.45) is 1.58. The first kappa shape index (κ1) is 26.5. The van der Waals surface area contributed by atoms with Gasteiger partial charge in [0, 0.05) is 39.4 Å². The molecule has 1 aliphatic rings. The molecule has 190 valence electrons. The number of aliphatic hydroxyl groups is 1. The molecule has 1 fully saturated rings. The number of hydrogen-bond donors (Lipinski definition) is 4. The fourth-order valence-corrected chi connectivity index (χ4v) is 4.17. The third-order valence-electron chi connectivity index (χ3n) is 6.29. The summed E-state index contributed by atoms with van der Waals surface area (Å²) in [6.45, 7) is 3.99. The van der Waals surface area contributed by atoms with Gasteiger partial charge in [-0.3, -0.25) is 4.79 Å². The van der Waals surface area contributed by atoms with Gasteiger partial charge in [-0.2, -0.15) is 0 Å². The number of amides is 3. The lowest BCUT2D eigenvalue weighted by atomic mass is 10.0. The molecule has 1 heterocycles. The van der Waals surface area contributed by atoms with Crippen LogP contribution in [0.2, 0.25) is 0 Å². The first-order valence-electron chi connectivity index (χ1n) is 12.4. The van der Waals surface area contributed by atoms with Gasteiger partial charge in [0.05, 0.1) is 18.7 Å². The van der Waals surface area contributed by atoms with Gasteiger partial charge in [0.25, 0.3) is 0 Å². The van der Waals surface area contributed by atoms with E-state index in [9.17, 15) is 14.7 Å². The second-order valence-electron chi connectivity index (χ2n) is 9.37. The molecular formula is C27H39N5O3. The highest BCUT2D eigenvalue weighted by atomic mass is 16.3. The second-order valence-corrected chi connectivity index (χ2v) is 9.37. The van der Waals surface area contributed by atoms with E-state index in [1.54, 1.807) is 4.90 Å². The van der Waals surface area contributed by atoms with Gasteiger partial charge in [0.2, 0.25) is 5.91 Å². The molecule has 3 rings (SSSR count). The van der Waals surface area contributed by atoms with Gasteiger partial charge in [-0.05, 0) is 36.1 Å². The van der Waals surface area contributed by atoms with Gasteiger partial charge in [-0.1, -0.05) is 55.8 Å². The summed E-state index contributed by atoms with van der Waals surface area (Å²) in [7, 11) is 4.01. The number of hydrogen-bond acceptors (Lipinski definition) is 5. The topological polar surface area (TPSA) is 96.9 Å². The molecule has 0 spiro atoms. The maximum atomic E-state index is 13.0. The molecule has 3 unspecified atom stereocenters. The maximum absolute atomic E-state index is 13.0. The minimum absolute atomic E-state index is 0.208. The van der Waals surface area contributed by atoms with Crippen molar-refractivity contribution in [3.63, 3.8) is 0 Å². The van der Waals surface area contributed by atoms with E-state index in [1.165, 1.54) is 0 Å². The highest BCUT2D eigenvalue weighted by Gasteiger charge is 2.34. The molecule has 0 bridgehead atoms. The number of nitrogens with one attached hydrogen (secondary N) is 3. The highest BCUT2D eigenvalue weighted by Crippen LogP contribution is 2.14. The van der Waals surface area contributed by atoms with Crippen molar-refractivity contribution in [1.29, 1.82) is 0 Å². The van der Waals surface area contributed by atoms with Crippen molar-refractivity contribution in [2.24, 2.45) is 0 Å². The van der Waals surface area contributed by atoms with Gasteiger partial charge in [-0.25, -0.2) is 4.79 Å². The van der Waals surface area contributed by atoms with Crippen LogP contribution in [0, 0.1) is 0 Å². The number of aliphatic hydroxyl groups excluding tert-OH is 1. The van der Waals surface area contributed by atoms with Crippen LogP contribution in [0.5, 0.6) is 0 Å². The van der Waals surface area contributed by atoms with Gasteiger partial charge in [-0.15, -0.1) is 0 Å². The quantitative estimate of drug-likeness (QED) is 0.352. The van der Waals surface area contributed by atoms with Crippen LogP contribution in [0.4, 0.5) is 10.5 Å². The average Bonchev–Trinajstić information content (AvgIpc) is 3.23. The number of carbonyl (C=O) groups is 2. The van der Waals surface area contributed by atoms with Gasteiger partial charge < -0.3 is 30.9 Å². The average molecular weight is 482 g/mol. The molecule has 2 aromatic carbocycles. The van der Waals surface area contributed by atoms with Crippen LogP contribution >= 0.6 is 0 Å². The largest absolute Gasteiger partial charge is 0.390 e. The summed E-state index contributed by atoms with van der Waals surface area (Å²) in [5, 5.41) is 20.1. The smallest absolute Gasteiger partial charge is 0.318 e. The van der Waals surface area contributed by atoms with E-state index >= 15 is 0 Å². The van der Waals surface area contributed by atoms with E-state index in [2.05, 4.69) is 39.9 Å². The zero-order valence-electron chi connectivity index (χ0n) is 21.0. The summed E-state index contributed by atoms with van der Waals surface area (Å²) in [6, 6.07) is 16.7. The molecule has 0 aliphatic carbocycles. The number of carbonyl (C=O) groups excluding carboxylic acids is 2. The Morgan fingerprint density at radius 3 is 2.63 bits per heavy atom. The summed E-state index contributed by atoms with van der Waals surface area (Å²) in [5.74, 6) is -0.268. The molecule has 3 amide bonds. The molecule has 35 heavy (non-hydrogen) atoms. The van der Waals surface area contributed by atoms with Crippen molar-refractivity contribution < 1.29 is 14.7 Å². The first-order chi connectivity index (χ1) is 16.9. The number of rotatable bonds is 13. The molecule has 4 N–H and O–H groups in total. The summed E-state index contributed by atoms with van der Waals surface area (Å²) in [4.78, 5) is 29.0. The zero-order valence-corrected chi connectivity index (χ0v) is 21.0. The third-order valence-corrected chi connectivity index (χ3v) is 6.29. The standard InChI is InChI=1S/C27H39N5O3/c1-4-5-14-32-19-24(30-27(32)35)26(34)29-23(16-20-10-7-6-8-11-20)25(33)18-28-17-21-12-9-13-22(15-21)31(2)3/h6-13,15,23-25,28,33H,4-5,14,16-19H2,1-3H3,(H,29,34)(H,30,35). The van der Waals surface area contributed by atoms with Crippen LogP contribution in [-0.2, 0) is 17.8 Å². The lowest BCUT2D eigenvalue weighted by molar-refractivity contribution is -0.124. The van der Waals surface area contributed by atoms with Crippen molar-refractivity contribution in [2.75, 3.05) is 38.6 Å². The minimum Gasteiger partial charge on any atom is -0.390 e. The fraction of sp³-hybridized carbons (Fsp3) is 0.481. The predicted molar refractivity (Wildman–Crippen MR) is 139 cm³/mol. The number of nitrogens with zero attached hydrogens (tertiary/aromatic N) is 2. The molecule has 3 atom stereocenters. The third kappa shape index (κ3) is 7.97. The zero-order chi connectivity index (χ0) is 25.2. The van der Waals surface area contributed by atoms with E-state index in [-0.39, 0.29) is 11.9 Å². The Labute approximate surface area is 208 Å². The van der Waals surface area contributed by atoms with Crippen molar-refractivity contribution >= 4 is 17.6 Å². The number of benzene rings is 2. The van der Waals surface area contributed by atoms with E-state index < -0.39 is 18.2 Å². The summed E-state index contributed by atoms with van der Waals surface area (Å²) < 4.78 is 0. The second kappa shape index (κ2) is 13.1. The molecule has 1 aliphatic heterocycles. The van der Waals surface area contributed by atoms with Crippen LogP contribution in [0.1, 0.15) is 30.9 Å². The maximum Gasteiger partial charge on any atom is 0.318 e. The SMILES string of the molecule is CCCCN1CC(C(=O)NC(Cc2ccccc2)C(O)CNCc2cccc(N(C)C)c2)NC1=O. The normalized spacial score (nSPS) is 17.1. The monoisotopic (exact) mass is 481 g/mol. The fourth-order valence-electron chi connectivity index (χ4n) is 4.17. The van der Waals surface area contributed by atoms with Gasteiger partial charge in [0.1, 0.15) is 6.04 Å². The molecule has 0 aromatic heterocycles. The lowest BCUT2D eigenvalue weighted by Gasteiger charge is -2.26. The molecular weight excluding hydrogens is 442 g/mol. The molecule has 1 saturated heterocycles. The summed E-state index contributed by atoms with van der Waals surface area (Å²) in [5.41, 5.74) is 3.26. The number of unbranched alkanes of at least 4 members (excludes halogenated alkanes) is 1. The Morgan fingerprint density at radius 2 is 1.91 bits per heavy atom. The molecule has 0 saturated carbocycles. The molecule has 8 nitrogen and oxygen atoms in total. The Balaban J connectivity index is 1.60. The van der Waals surface area contributed by atoms with Crippen LogP contribution in [-0.4, -0.2) is 73.9 Å². The number of urea groups is 1. The summed E-state index contributed by atoms with van der Waals surface area (Å²) >= 11 is 0. The van der Waals surface area contributed by atoms with E-state index in [1.807, 2.05) is 56.6 Å². The molecule has 0 radical (unpaired) electrons. The highest BCUT2D eigenvalue weighted by molar-refractivity contribution is 5.90. The first-order valence-corrected chi connectivity index (χ1v) is 12.4. The van der Waals surface area contributed by atoms with Crippen LogP contribution in [0.25, 0.3) is 0 Å². The van der Waals surface area contributed by atoms with Crippen LogP contribution in [0.3, 0.4) is 0 Å². The van der Waals surface area contributed by atoms with Gasteiger partial charge in [0.15, 0.2) is 0 Å². The van der Waals surface area contributed by atoms with Gasteiger partial charge >= 0.3 is 6.03 Å². The van der Waals surface area contributed by atoms with E-state index in [4.69, 9.17) is 0 Å². The van der Waals surface area contributed by atoms with Crippen molar-refractivity contribution in [1.82, 2.24) is 20.9 Å². The molecule has 8 heteroatoms. The Morgan fingerprint density at radius 1 is 1.17 bits per heavy atom. The predicted octanol–water partition coefficient (Wildman–Crippen LogP) is 2.12. The Hall–Kier alpha value is -3.10. The van der Waals surface area contributed by atoms with E-state index in [0.717, 1.165) is 29.7 Å². The Kier molecular flexibility index (Phi) is 9.93. The van der Waals surface area contributed by atoms with Crippen LogP contribution in [0.15, 0.2) is 54.6 Å². The molecule has 2 aromatic rings. The van der Waals surface area contributed by atoms with Crippen molar-refractivity contribution in [3.05, 3.63) is 65.7 Å². The van der Waals surface area contributed by atoms with E-state index in [0.29, 0.717) is 32.6 Å². The van der Waals surface area contributed by atoms with Crippen LogP contribution < -0.4 is 20.9 Å². The Bertz CT molecular complexity index is 953. The van der Waals surface area contributed by atoms with Crippen molar-refractivity contribution in [3.8, 4) is 0 Å². The van der Waals surface area contributed by atoms with Crippen molar-refractivity contribution in [2.45, 2.75) is 50.9 Å². The minimum atomic E-state index is -0.801. The lowest BCUT2D eigenvalue weighted by Crippen LogP contribution is -2.53. The number of anilines is 1.